The van der Waals surface area contributed by atoms with Gasteiger partial charge in [0.15, 0.2) is 0 Å². The molecule has 0 atom stereocenters. The second-order valence-electron chi connectivity index (χ2n) is 5.81. The summed E-state index contributed by atoms with van der Waals surface area (Å²) in [5.74, 6) is 1.53. The molecule has 4 heteroatoms. The number of rotatable bonds is 6. The predicted octanol–water partition coefficient (Wildman–Crippen LogP) is 4.00. The third-order valence-corrected chi connectivity index (χ3v) is 4.10. The van der Waals surface area contributed by atoms with Crippen molar-refractivity contribution in [2.75, 3.05) is 27.3 Å². The van der Waals surface area contributed by atoms with E-state index in [1.165, 1.54) is 0 Å². The lowest BCUT2D eigenvalue weighted by Crippen LogP contribution is -2.30. The molecular formula is C21H21NO3. The average Bonchev–Trinajstić information content (AvgIpc) is 2.67. The molecule has 0 saturated carbocycles. The summed E-state index contributed by atoms with van der Waals surface area (Å²) >= 11 is 0. The standard InChI is InChI=1S/C21H21NO3/c1-22(13-14-25-20-11-9-19(24-2)10-12-20)21(23)18-8-7-16-5-3-4-6-17(16)15-18/h3-12,15H,13-14H2,1-2H3. The van der Waals surface area contributed by atoms with Crippen molar-refractivity contribution >= 4 is 16.7 Å². The van der Waals surface area contributed by atoms with Crippen LogP contribution in [0.25, 0.3) is 10.8 Å². The molecule has 0 aromatic heterocycles. The van der Waals surface area contributed by atoms with Gasteiger partial charge in [0.05, 0.1) is 13.7 Å². The van der Waals surface area contributed by atoms with Gasteiger partial charge in [-0.3, -0.25) is 4.79 Å². The third kappa shape index (κ3) is 4.10. The van der Waals surface area contributed by atoms with Crippen LogP contribution in [0, 0.1) is 0 Å². The Hall–Kier alpha value is -3.01. The Morgan fingerprint density at radius 3 is 2.32 bits per heavy atom. The van der Waals surface area contributed by atoms with Gasteiger partial charge in [0, 0.05) is 12.6 Å². The summed E-state index contributed by atoms with van der Waals surface area (Å²) in [4.78, 5) is 14.2. The lowest BCUT2D eigenvalue weighted by atomic mass is 10.1. The first-order valence-electron chi connectivity index (χ1n) is 8.18. The molecule has 25 heavy (non-hydrogen) atoms. The van der Waals surface area contributed by atoms with Crippen molar-refractivity contribution in [3.63, 3.8) is 0 Å². The van der Waals surface area contributed by atoms with Gasteiger partial charge in [-0.05, 0) is 47.2 Å². The van der Waals surface area contributed by atoms with E-state index in [1.54, 1.807) is 19.1 Å². The number of methoxy groups -OCH3 is 1. The number of nitrogens with zero attached hydrogens (tertiary/aromatic N) is 1. The first-order valence-corrected chi connectivity index (χ1v) is 8.18. The molecule has 0 saturated heterocycles. The van der Waals surface area contributed by atoms with Crippen LogP contribution in [0.5, 0.6) is 11.5 Å². The van der Waals surface area contributed by atoms with Crippen molar-refractivity contribution in [2.45, 2.75) is 0 Å². The molecule has 0 heterocycles. The molecule has 1 amide bonds. The van der Waals surface area contributed by atoms with Crippen LogP contribution in [-0.2, 0) is 0 Å². The van der Waals surface area contributed by atoms with Gasteiger partial charge < -0.3 is 14.4 Å². The van der Waals surface area contributed by atoms with Crippen molar-refractivity contribution in [3.8, 4) is 11.5 Å². The molecular weight excluding hydrogens is 314 g/mol. The summed E-state index contributed by atoms with van der Waals surface area (Å²) < 4.78 is 10.8. The monoisotopic (exact) mass is 335 g/mol. The molecule has 128 valence electrons. The number of benzene rings is 3. The Kier molecular flexibility index (Phi) is 5.19. The van der Waals surface area contributed by atoms with Crippen LogP contribution in [0.2, 0.25) is 0 Å². The Morgan fingerprint density at radius 1 is 0.920 bits per heavy atom. The van der Waals surface area contributed by atoms with Crippen LogP contribution in [0.4, 0.5) is 0 Å². The smallest absolute Gasteiger partial charge is 0.253 e. The van der Waals surface area contributed by atoms with E-state index >= 15 is 0 Å². The minimum Gasteiger partial charge on any atom is -0.497 e. The molecule has 3 aromatic rings. The maximum Gasteiger partial charge on any atom is 0.253 e. The molecule has 0 fully saturated rings. The highest BCUT2D eigenvalue weighted by Crippen LogP contribution is 2.18. The quantitative estimate of drug-likeness (QED) is 0.683. The van der Waals surface area contributed by atoms with Gasteiger partial charge in [-0.1, -0.05) is 30.3 Å². The number of likely N-dealkylation sites (N-methyl/N-ethyl adjacent to an activating group) is 1. The average molecular weight is 335 g/mol. The van der Waals surface area contributed by atoms with Crippen molar-refractivity contribution < 1.29 is 14.3 Å². The molecule has 0 radical (unpaired) electrons. The zero-order chi connectivity index (χ0) is 17.6. The Morgan fingerprint density at radius 2 is 1.60 bits per heavy atom. The van der Waals surface area contributed by atoms with E-state index in [0.717, 1.165) is 22.3 Å². The molecule has 0 N–H and O–H groups in total. The summed E-state index contributed by atoms with van der Waals surface area (Å²) in [5.41, 5.74) is 0.686. The number of hydrogen-bond acceptors (Lipinski definition) is 3. The number of fused-ring (bicyclic) bond motifs is 1. The molecule has 0 aliphatic rings. The van der Waals surface area contributed by atoms with Gasteiger partial charge in [-0.25, -0.2) is 0 Å². The van der Waals surface area contributed by atoms with Crippen molar-refractivity contribution in [2.24, 2.45) is 0 Å². The lowest BCUT2D eigenvalue weighted by molar-refractivity contribution is 0.0774. The summed E-state index contributed by atoms with van der Waals surface area (Å²) in [7, 11) is 3.41. The number of ether oxygens (including phenoxy) is 2. The minimum absolute atomic E-state index is 0.0101. The summed E-state index contributed by atoms with van der Waals surface area (Å²) in [6, 6.07) is 21.2. The largest absolute Gasteiger partial charge is 0.497 e. The van der Waals surface area contributed by atoms with Crippen molar-refractivity contribution in [3.05, 3.63) is 72.3 Å². The van der Waals surface area contributed by atoms with E-state index in [0.29, 0.717) is 18.7 Å². The van der Waals surface area contributed by atoms with Crippen molar-refractivity contribution in [1.29, 1.82) is 0 Å². The topological polar surface area (TPSA) is 38.8 Å². The molecule has 0 aliphatic carbocycles. The lowest BCUT2D eigenvalue weighted by Gasteiger charge is -2.18. The molecule has 4 nitrogen and oxygen atoms in total. The van der Waals surface area contributed by atoms with Gasteiger partial charge >= 0.3 is 0 Å². The molecule has 3 rings (SSSR count). The van der Waals surface area contributed by atoms with Gasteiger partial charge in [0.1, 0.15) is 18.1 Å². The van der Waals surface area contributed by atoms with Crippen LogP contribution in [0.15, 0.2) is 66.7 Å². The molecule has 0 aliphatic heterocycles. The Balaban J connectivity index is 1.57. The molecule has 0 bridgehead atoms. The van der Waals surface area contributed by atoms with Crippen LogP contribution >= 0.6 is 0 Å². The second kappa shape index (κ2) is 7.71. The maximum absolute atomic E-state index is 12.6. The number of amides is 1. The molecule has 0 unspecified atom stereocenters. The fraction of sp³-hybridized carbons (Fsp3) is 0.190. The maximum atomic E-state index is 12.6. The van der Waals surface area contributed by atoms with E-state index < -0.39 is 0 Å². The van der Waals surface area contributed by atoms with Gasteiger partial charge in [0.25, 0.3) is 5.91 Å². The zero-order valence-corrected chi connectivity index (χ0v) is 14.4. The van der Waals surface area contributed by atoms with E-state index in [-0.39, 0.29) is 5.91 Å². The van der Waals surface area contributed by atoms with E-state index in [2.05, 4.69) is 0 Å². The molecule has 3 aromatic carbocycles. The van der Waals surface area contributed by atoms with E-state index in [9.17, 15) is 4.79 Å². The first-order chi connectivity index (χ1) is 12.2. The third-order valence-electron chi connectivity index (χ3n) is 4.10. The van der Waals surface area contributed by atoms with E-state index in [4.69, 9.17) is 9.47 Å². The highest BCUT2D eigenvalue weighted by Gasteiger charge is 2.12. The van der Waals surface area contributed by atoms with Crippen LogP contribution in [0.3, 0.4) is 0 Å². The first kappa shape index (κ1) is 16.8. The van der Waals surface area contributed by atoms with Crippen molar-refractivity contribution in [1.82, 2.24) is 4.90 Å². The normalized spacial score (nSPS) is 10.5. The van der Waals surface area contributed by atoms with Crippen LogP contribution in [0.1, 0.15) is 10.4 Å². The minimum atomic E-state index is -0.0101. The van der Waals surface area contributed by atoms with Gasteiger partial charge in [-0.15, -0.1) is 0 Å². The fourth-order valence-electron chi connectivity index (χ4n) is 2.62. The summed E-state index contributed by atoms with van der Waals surface area (Å²) in [6.07, 6.45) is 0. The highest BCUT2D eigenvalue weighted by atomic mass is 16.5. The Bertz CT molecular complexity index is 858. The summed E-state index contributed by atoms with van der Waals surface area (Å²) in [6.45, 7) is 0.944. The highest BCUT2D eigenvalue weighted by molar-refractivity contribution is 5.98. The SMILES string of the molecule is COc1ccc(OCCN(C)C(=O)c2ccc3ccccc3c2)cc1. The van der Waals surface area contributed by atoms with Gasteiger partial charge in [0.2, 0.25) is 0 Å². The fourth-order valence-corrected chi connectivity index (χ4v) is 2.62. The Labute approximate surface area is 147 Å². The molecule has 0 spiro atoms. The summed E-state index contributed by atoms with van der Waals surface area (Å²) in [5, 5.41) is 2.20. The van der Waals surface area contributed by atoms with Crippen LogP contribution in [-0.4, -0.2) is 38.1 Å². The number of carbonyl (C=O) groups excluding carboxylic acids is 1. The predicted molar refractivity (Wildman–Crippen MR) is 99.4 cm³/mol. The number of carbonyl (C=O) groups is 1. The zero-order valence-electron chi connectivity index (χ0n) is 14.4. The number of hydrogen-bond donors (Lipinski definition) is 0. The second-order valence-corrected chi connectivity index (χ2v) is 5.81. The van der Waals surface area contributed by atoms with Crippen LogP contribution < -0.4 is 9.47 Å². The van der Waals surface area contributed by atoms with Gasteiger partial charge in [-0.2, -0.15) is 0 Å². The van der Waals surface area contributed by atoms with E-state index in [1.807, 2.05) is 66.7 Å².